The second-order valence-electron chi connectivity index (χ2n) is 8.59. The number of hydrogen-bond acceptors (Lipinski definition) is 4. The van der Waals surface area contributed by atoms with Crippen LogP contribution in [0.25, 0.3) is 22.5 Å². The number of carbonyl (C=O) groups excluding carboxylic acids is 2. The SMILES string of the molecule is C=CC(=O)N1CCC[C@H](n2cc(-c3ccc(Oc4ccccc4)cc3)c(C(N)=O)c3nccc2-3)C1. The number of piperidine rings is 1. The zero-order valence-corrected chi connectivity index (χ0v) is 19.3. The molecule has 0 bridgehead atoms. The monoisotopic (exact) mass is 466 g/mol. The summed E-state index contributed by atoms with van der Waals surface area (Å²) in [5, 5.41) is 0. The molecule has 1 saturated heterocycles. The molecule has 2 aromatic carbocycles. The third kappa shape index (κ3) is 4.40. The van der Waals surface area contributed by atoms with Crippen LogP contribution in [-0.4, -0.2) is 39.4 Å². The normalized spacial score (nSPS) is 15.7. The van der Waals surface area contributed by atoms with Crippen LogP contribution in [0.15, 0.2) is 85.7 Å². The van der Waals surface area contributed by atoms with Gasteiger partial charge >= 0.3 is 0 Å². The minimum absolute atomic E-state index is 0.0423. The van der Waals surface area contributed by atoms with Gasteiger partial charge < -0.3 is 19.9 Å². The van der Waals surface area contributed by atoms with Gasteiger partial charge in [-0.25, -0.2) is 0 Å². The van der Waals surface area contributed by atoms with E-state index in [1.54, 1.807) is 6.20 Å². The topological polar surface area (TPSA) is 90.5 Å². The van der Waals surface area contributed by atoms with Gasteiger partial charge in [0.2, 0.25) is 5.91 Å². The van der Waals surface area contributed by atoms with Crippen molar-refractivity contribution in [1.29, 1.82) is 0 Å². The Morgan fingerprint density at radius 2 is 1.80 bits per heavy atom. The standard InChI is InChI=1S/C28H26N4O3/c1-2-25(33)31-16-6-7-20(17-31)32-18-23(26(28(29)34)27-24(32)14-15-30-27)19-10-12-22(13-11-19)35-21-8-4-3-5-9-21/h2-5,8-15,18,20H,1,6-7,16-17H2,(H2,29,34)/t20-/m0/s1. The lowest BCUT2D eigenvalue weighted by molar-refractivity contribution is -0.127. The van der Waals surface area contributed by atoms with Crippen molar-refractivity contribution >= 4 is 11.8 Å². The van der Waals surface area contributed by atoms with Crippen molar-refractivity contribution in [2.45, 2.75) is 18.9 Å². The molecule has 176 valence electrons. The van der Waals surface area contributed by atoms with Crippen LogP contribution in [0, 0.1) is 0 Å². The number of fused-ring (bicyclic) bond motifs is 1. The van der Waals surface area contributed by atoms with Crippen LogP contribution in [-0.2, 0) is 4.79 Å². The molecule has 0 spiro atoms. The fourth-order valence-corrected chi connectivity index (χ4v) is 4.74. The molecule has 1 fully saturated rings. The van der Waals surface area contributed by atoms with E-state index in [-0.39, 0.29) is 11.9 Å². The van der Waals surface area contributed by atoms with Crippen molar-refractivity contribution in [1.82, 2.24) is 14.5 Å². The third-order valence-electron chi connectivity index (χ3n) is 6.40. The molecule has 0 radical (unpaired) electrons. The molecular formula is C28H26N4O3. The number of pyridine rings is 1. The first kappa shape index (κ1) is 22.4. The summed E-state index contributed by atoms with van der Waals surface area (Å²) in [6.45, 7) is 4.90. The van der Waals surface area contributed by atoms with Gasteiger partial charge in [0.25, 0.3) is 5.91 Å². The number of nitrogens with two attached hydrogens (primary N) is 1. The van der Waals surface area contributed by atoms with Crippen molar-refractivity contribution < 1.29 is 14.3 Å². The van der Waals surface area contributed by atoms with Gasteiger partial charge in [-0.1, -0.05) is 36.9 Å². The number of para-hydroxylation sites is 1. The average molecular weight is 467 g/mol. The molecule has 7 heteroatoms. The van der Waals surface area contributed by atoms with Crippen LogP contribution in [0.2, 0.25) is 0 Å². The lowest BCUT2D eigenvalue weighted by Gasteiger charge is -2.35. The molecule has 5 rings (SSSR count). The molecule has 0 unspecified atom stereocenters. The fraction of sp³-hybridized carbons (Fsp3) is 0.179. The van der Waals surface area contributed by atoms with Gasteiger partial charge in [-0.3, -0.25) is 14.6 Å². The largest absolute Gasteiger partial charge is 0.457 e. The Morgan fingerprint density at radius 1 is 1.06 bits per heavy atom. The number of primary amides is 1. The van der Waals surface area contributed by atoms with E-state index in [1.807, 2.05) is 71.8 Å². The van der Waals surface area contributed by atoms with Gasteiger partial charge in [-0.05, 0) is 54.8 Å². The molecule has 3 heterocycles. The lowest BCUT2D eigenvalue weighted by atomic mass is 9.95. The highest BCUT2D eigenvalue weighted by atomic mass is 16.5. The van der Waals surface area contributed by atoms with E-state index in [2.05, 4.69) is 16.1 Å². The van der Waals surface area contributed by atoms with Crippen LogP contribution in [0.1, 0.15) is 29.2 Å². The van der Waals surface area contributed by atoms with Crippen LogP contribution < -0.4 is 10.5 Å². The van der Waals surface area contributed by atoms with Crippen LogP contribution >= 0.6 is 0 Å². The predicted octanol–water partition coefficient (Wildman–Crippen LogP) is 4.90. The van der Waals surface area contributed by atoms with Crippen molar-refractivity contribution in [3.8, 4) is 34.0 Å². The number of rotatable bonds is 6. The van der Waals surface area contributed by atoms with Crippen LogP contribution in [0.3, 0.4) is 0 Å². The highest BCUT2D eigenvalue weighted by molar-refractivity contribution is 6.05. The molecule has 0 aromatic heterocycles. The Hall–Kier alpha value is -4.39. The van der Waals surface area contributed by atoms with E-state index < -0.39 is 5.91 Å². The number of amides is 2. The van der Waals surface area contributed by atoms with Crippen molar-refractivity contribution in [3.63, 3.8) is 0 Å². The predicted molar refractivity (Wildman–Crippen MR) is 134 cm³/mol. The maximum Gasteiger partial charge on any atom is 0.251 e. The van der Waals surface area contributed by atoms with Gasteiger partial charge in [-0.15, -0.1) is 0 Å². The first-order valence-electron chi connectivity index (χ1n) is 11.6. The van der Waals surface area contributed by atoms with Crippen LogP contribution in [0.4, 0.5) is 0 Å². The molecule has 2 N–H and O–H groups in total. The van der Waals surface area contributed by atoms with Crippen LogP contribution in [0.5, 0.6) is 11.5 Å². The van der Waals surface area contributed by atoms with E-state index in [4.69, 9.17) is 10.5 Å². The van der Waals surface area contributed by atoms with E-state index in [1.165, 1.54) is 6.08 Å². The Bertz CT molecular complexity index is 1340. The van der Waals surface area contributed by atoms with E-state index in [0.717, 1.165) is 29.8 Å². The second kappa shape index (κ2) is 9.46. The lowest BCUT2D eigenvalue weighted by Crippen LogP contribution is -2.40. The molecule has 3 aliphatic rings. The Balaban J connectivity index is 1.55. The molecule has 2 amide bonds. The molecule has 35 heavy (non-hydrogen) atoms. The van der Waals surface area contributed by atoms with E-state index >= 15 is 0 Å². The molecule has 0 aliphatic carbocycles. The Kier molecular flexibility index (Phi) is 6.06. The summed E-state index contributed by atoms with van der Waals surface area (Å²) in [5.74, 6) is 0.823. The Morgan fingerprint density at radius 3 is 2.51 bits per heavy atom. The number of likely N-dealkylation sites (tertiary alicyclic amines) is 1. The number of hydrogen-bond donors (Lipinski definition) is 1. The summed E-state index contributed by atoms with van der Waals surface area (Å²) in [6, 6.07) is 19.0. The molecule has 7 nitrogen and oxygen atoms in total. The van der Waals surface area contributed by atoms with E-state index in [0.29, 0.717) is 35.7 Å². The Labute approximate surface area is 203 Å². The summed E-state index contributed by atoms with van der Waals surface area (Å²) in [4.78, 5) is 31.1. The van der Waals surface area contributed by atoms with Gasteiger partial charge in [-0.2, -0.15) is 0 Å². The zero-order valence-electron chi connectivity index (χ0n) is 19.3. The second-order valence-corrected chi connectivity index (χ2v) is 8.59. The van der Waals surface area contributed by atoms with Crippen molar-refractivity contribution in [3.05, 3.63) is 91.3 Å². The smallest absolute Gasteiger partial charge is 0.251 e. The third-order valence-corrected chi connectivity index (χ3v) is 6.40. The summed E-state index contributed by atoms with van der Waals surface area (Å²) in [6.07, 6.45) is 6.79. The molecule has 0 saturated carbocycles. The summed E-state index contributed by atoms with van der Waals surface area (Å²) in [7, 11) is 0. The first-order chi connectivity index (χ1) is 17.0. The van der Waals surface area contributed by atoms with Gasteiger partial charge in [0.15, 0.2) is 0 Å². The summed E-state index contributed by atoms with van der Waals surface area (Å²) < 4.78 is 8.04. The minimum atomic E-state index is -0.535. The zero-order chi connectivity index (χ0) is 24.4. The van der Waals surface area contributed by atoms with Gasteiger partial charge in [0.1, 0.15) is 17.2 Å². The van der Waals surface area contributed by atoms with Gasteiger partial charge in [0, 0.05) is 31.0 Å². The van der Waals surface area contributed by atoms with E-state index in [9.17, 15) is 9.59 Å². The summed E-state index contributed by atoms with van der Waals surface area (Å²) in [5.41, 5.74) is 9.13. The quantitative estimate of drug-likeness (QED) is 0.410. The highest BCUT2D eigenvalue weighted by Gasteiger charge is 2.29. The number of benzene rings is 2. The maximum absolute atomic E-state index is 12.6. The molecule has 3 aliphatic heterocycles. The first-order valence-corrected chi connectivity index (χ1v) is 11.6. The fourth-order valence-electron chi connectivity index (χ4n) is 4.74. The number of carbonyl (C=O) groups is 2. The van der Waals surface area contributed by atoms with Crippen molar-refractivity contribution in [2.75, 3.05) is 13.1 Å². The highest BCUT2D eigenvalue weighted by Crippen LogP contribution is 2.37. The van der Waals surface area contributed by atoms with Crippen molar-refractivity contribution in [2.24, 2.45) is 5.73 Å². The van der Waals surface area contributed by atoms with Gasteiger partial charge in [0.05, 0.1) is 17.3 Å². The molecule has 2 aromatic rings. The number of ether oxygens (including phenoxy) is 1. The molecule has 1 atom stereocenters. The number of aromatic nitrogens is 2. The number of nitrogens with zero attached hydrogens (tertiary/aromatic N) is 3. The maximum atomic E-state index is 12.6. The average Bonchev–Trinajstić information content (AvgIpc) is 3.38. The minimum Gasteiger partial charge on any atom is -0.457 e. The molecular weight excluding hydrogens is 440 g/mol. The summed E-state index contributed by atoms with van der Waals surface area (Å²) >= 11 is 0.